The minimum atomic E-state index is -0.464. The third kappa shape index (κ3) is 3.49. The number of hydrogen-bond donors (Lipinski definition) is 2. The predicted molar refractivity (Wildman–Crippen MR) is 54.3 cm³/mol. The fourth-order valence-corrected chi connectivity index (χ4v) is 1.34. The van der Waals surface area contributed by atoms with Gasteiger partial charge < -0.3 is 20.3 Å². The maximum atomic E-state index is 11.7. The lowest BCUT2D eigenvalue weighted by molar-refractivity contribution is -0.146. The lowest BCUT2D eigenvalue weighted by atomic mass is 10.2. The van der Waals surface area contributed by atoms with E-state index in [9.17, 15) is 9.59 Å². The van der Waals surface area contributed by atoms with Gasteiger partial charge in [-0.25, -0.2) is 0 Å². The van der Waals surface area contributed by atoms with Gasteiger partial charge in [-0.1, -0.05) is 0 Å². The lowest BCUT2D eigenvalue weighted by Gasteiger charge is -2.26. The predicted octanol–water partition coefficient (Wildman–Crippen LogP) is -1.82. The summed E-state index contributed by atoms with van der Waals surface area (Å²) in [7, 11) is 3.13. The quantitative estimate of drug-likeness (QED) is 0.581. The van der Waals surface area contributed by atoms with Crippen LogP contribution < -0.4 is 10.6 Å². The van der Waals surface area contributed by atoms with E-state index < -0.39 is 6.10 Å². The summed E-state index contributed by atoms with van der Waals surface area (Å²) >= 11 is 0. The topological polar surface area (TPSA) is 70.7 Å². The number of nitrogens with one attached hydrogen (secondary N) is 2. The molecule has 6 heteroatoms. The highest BCUT2D eigenvalue weighted by Crippen LogP contribution is 2.00. The maximum Gasteiger partial charge on any atom is 0.253 e. The summed E-state index contributed by atoms with van der Waals surface area (Å²) in [4.78, 5) is 24.1. The van der Waals surface area contributed by atoms with Crippen LogP contribution in [0.1, 0.15) is 0 Å². The van der Waals surface area contributed by atoms with Gasteiger partial charge in [-0.3, -0.25) is 9.59 Å². The van der Waals surface area contributed by atoms with Crippen LogP contribution in [0.4, 0.5) is 0 Å². The second-order valence-electron chi connectivity index (χ2n) is 3.43. The number of carbonyl (C=O) groups is 2. The molecule has 1 aliphatic rings. The molecule has 2 N–H and O–H groups in total. The minimum absolute atomic E-state index is 0.0647. The average Bonchev–Trinajstić information content (AvgIpc) is 2.29. The summed E-state index contributed by atoms with van der Waals surface area (Å²) in [5.74, 6) is -0.347. The van der Waals surface area contributed by atoms with Crippen molar-refractivity contribution in [3.63, 3.8) is 0 Å². The van der Waals surface area contributed by atoms with Crippen molar-refractivity contribution in [3.8, 4) is 0 Å². The third-order valence-electron chi connectivity index (χ3n) is 2.24. The van der Waals surface area contributed by atoms with Gasteiger partial charge in [0.05, 0.1) is 13.2 Å². The van der Waals surface area contributed by atoms with Crippen molar-refractivity contribution in [1.29, 1.82) is 0 Å². The number of hydrogen-bond acceptors (Lipinski definition) is 4. The average molecular weight is 215 g/mol. The van der Waals surface area contributed by atoms with E-state index in [1.807, 2.05) is 0 Å². The first-order valence-electron chi connectivity index (χ1n) is 4.93. The highest BCUT2D eigenvalue weighted by atomic mass is 16.5. The van der Waals surface area contributed by atoms with E-state index in [2.05, 4.69) is 10.6 Å². The zero-order chi connectivity index (χ0) is 11.3. The van der Waals surface area contributed by atoms with Crippen LogP contribution in [0.3, 0.4) is 0 Å². The molecule has 86 valence electrons. The summed E-state index contributed by atoms with van der Waals surface area (Å²) in [6, 6.07) is 0. The normalized spacial score (nSPS) is 20.8. The number of nitrogens with zero attached hydrogens (tertiary/aromatic N) is 1. The number of likely N-dealkylation sites (N-methyl/N-ethyl adjacent to an activating group) is 2. The third-order valence-corrected chi connectivity index (χ3v) is 2.24. The fourth-order valence-electron chi connectivity index (χ4n) is 1.34. The molecule has 0 bridgehead atoms. The van der Waals surface area contributed by atoms with Crippen LogP contribution in [0, 0.1) is 0 Å². The molecule has 0 saturated carbocycles. The molecule has 1 fully saturated rings. The van der Waals surface area contributed by atoms with Crippen molar-refractivity contribution in [2.24, 2.45) is 0 Å². The highest BCUT2D eigenvalue weighted by molar-refractivity contribution is 5.86. The number of rotatable bonds is 3. The molecular formula is C9H17N3O3. The van der Waals surface area contributed by atoms with E-state index in [0.717, 1.165) is 6.54 Å². The Kier molecular flexibility index (Phi) is 4.51. The van der Waals surface area contributed by atoms with Crippen LogP contribution in [0.25, 0.3) is 0 Å². The smallest absolute Gasteiger partial charge is 0.253 e. The van der Waals surface area contributed by atoms with Gasteiger partial charge >= 0.3 is 0 Å². The van der Waals surface area contributed by atoms with Gasteiger partial charge in [0.2, 0.25) is 5.91 Å². The van der Waals surface area contributed by atoms with Crippen LogP contribution in [0.15, 0.2) is 0 Å². The second-order valence-corrected chi connectivity index (χ2v) is 3.43. The van der Waals surface area contributed by atoms with Crippen LogP contribution in [0.5, 0.6) is 0 Å². The Labute approximate surface area is 88.9 Å². The lowest BCUT2D eigenvalue weighted by Crippen LogP contribution is -2.50. The summed E-state index contributed by atoms with van der Waals surface area (Å²) in [5, 5.41) is 5.53. The first-order valence-corrected chi connectivity index (χ1v) is 4.93. The van der Waals surface area contributed by atoms with Gasteiger partial charge in [-0.15, -0.1) is 0 Å². The molecule has 0 aromatic heterocycles. The Hall–Kier alpha value is -1.14. The molecule has 1 rings (SSSR count). The van der Waals surface area contributed by atoms with E-state index in [-0.39, 0.29) is 18.4 Å². The Morgan fingerprint density at radius 1 is 1.60 bits per heavy atom. The molecule has 1 unspecified atom stereocenters. The molecule has 0 spiro atoms. The molecule has 0 radical (unpaired) electrons. The number of carbonyl (C=O) groups excluding carboxylic acids is 2. The standard InChI is InChI=1S/C9H17N3O3/c1-10-8(13)6-12(2)9(14)7-5-11-3-4-15-7/h7,11H,3-6H2,1-2H3,(H,10,13). The zero-order valence-corrected chi connectivity index (χ0v) is 9.08. The molecule has 1 atom stereocenters. The van der Waals surface area contributed by atoms with Crippen molar-refractivity contribution in [2.45, 2.75) is 6.10 Å². The molecule has 1 aliphatic heterocycles. The Morgan fingerprint density at radius 2 is 2.33 bits per heavy atom. The van der Waals surface area contributed by atoms with Crippen molar-refractivity contribution in [1.82, 2.24) is 15.5 Å². The Balaban J connectivity index is 2.40. The fraction of sp³-hybridized carbons (Fsp3) is 0.778. The van der Waals surface area contributed by atoms with Crippen molar-refractivity contribution < 1.29 is 14.3 Å². The molecule has 0 aromatic rings. The molecule has 0 aromatic carbocycles. The summed E-state index contributed by atoms with van der Waals surface area (Å²) in [6.07, 6.45) is -0.464. The molecule has 0 aliphatic carbocycles. The Morgan fingerprint density at radius 3 is 2.87 bits per heavy atom. The monoisotopic (exact) mass is 215 g/mol. The van der Waals surface area contributed by atoms with E-state index >= 15 is 0 Å². The van der Waals surface area contributed by atoms with E-state index in [1.165, 1.54) is 4.90 Å². The molecule has 1 saturated heterocycles. The van der Waals surface area contributed by atoms with E-state index in [4.69, 9.17) is 4.74 Å². The largest absolute Gasteiger partial charge is 0.366 e. The first-order chi connectivity index (χ1) is 7.15. The van der Waals surface area contributed by atoms with Crippen LogP contribution in [0.2, 0.25) is 0 Å². The van der Waals surface area contributed by atoms with Crippen LogP contribution in [-0.2, 0) is 14.3 Å². The van der Waals surface area contributed by atoms with Crippen molar-refractivity contribution >= 4 is 11.8 Å². The summed E-state index contributed by atoms with van der Waals surface area (Å²) in [6.45, 7) is 1.87. The Bertz CT molecular complexity index is 239. The highest BCUT2D eigenvalue weighted by Gasteiger charge is 2.25. The van der Waals surface area contributed by atoms with Gasteiger partial charge in [-0.2, -0.15) is 0 Å². The van der Waals surface area contributed by atoms with Crippen molar-refractivity contribution in [2.75, 3.05) is 40.3 Å². The minimum Gasteiger partial charge on any atom is -0.366 e. The second kappa shape index (κ2) is 5.67. The van der Waals surface area contributed by atoms with Gasteiger partial charge in [0, 0.05) is 27.2 Å². The maximum absolute atomic E-state index is 11.7. The molecule has 6 nitrogen and oxygen atoms in total. The number of morpholine rings is 1. The molecule has 2 amide bonds. The van der Waals surface area contributed by atoms with Crippen molar-refractivity contribution in [3.05, 3.63) is 0 Å². The number of ether oxygens (including phenoxy) is 1. The zero-order valence-electron chi connectivity index (χ0n) is 9.08. The molecule has 1 heterocycles. The van der Waals surface area contributed by atoms with Gasteiger partial charge in [0.1, 0.15) is 6.10 Å². The number of amides is 2. The summed E-state index contributed by atoms with van der Waals surface area (Å²) < 4.78 is 5.29. The molecular weight excluding hydrogens is 198 g/mol. The van der Waals surface area contributed by atoms with Gasteiger partial charge in [-0.05, 0) is 0 Å². The van der Waals surface area contributed by atoms with Crippen LogP contribution >= 0.6 is 0 Å². The van der Waals surface area contributed by atoms with Gasteiger partial charge in [0.15, 0.2) is 0 Å². The SMILES string of the molecule is CNC(=O)CN(C)C(=O)C1CNCCO1. The van der Waals surface area contributed by atoms with E-state index in [1.54, 1.807) is 14.1 Å². The van der Waals surface area contributed by atoms with Gasteiger partial charge in [0.25, 0.3) is 5.91 Å². The first kappa shape index (κ1) is 11.9. The summed E-state index contributed by atoms with van der Waals surface area (Å²) in [5.41, 5.74) is 0. The van der Waals surface area contributed by atoms with E-state index in [0.29, 0.717) is 13.2 Å². The van der Waals surface area contributed by atoms with Crippen LogP contribution in [-0.4, -0.2) is 63.2 Å². The molecule has 15 heavy (non-hydrogen) atoms.